The summed E-state index contributed by atoms with van der Waals surface area (Å²) in [6.45, 7) is 1.79. The van der Waals surface area contributed by atoms with E-state index in [1.54, 1.807) is 25.1 Å². The van der Waals surface area contributed by atoms with E-state index in [4.69, 9.17) is 0 Å². The highest BCUT2D eigenvalue weighted by atomic mass is 32.2. The van der Waals surface area contributed by atoms with Crippen molar-refractivity contribution < 1.29 is 9.85 Å². The maximum Gasteiger partial charge on any atom is 0.269 e. The number of nitro benzene ring substituents is 2. The van der Waals surface area contributed by atoms with Gasteiger partial charge in [-0.1, -0.05) is 11.8 Å². The van der Waals surface area contributed by atoms with Crippen LogP contribution in [0, 0.1) is 27.2 Å². The van der Waals surface area contributed by atoms with Crippen molar-refractivity contribution in [2.75, 3.05) is 0 Å². The first-order chi connectivity index (χ1) is 9.47. The van der Waals surface area contributed by atoms with Gasteiger partial charge in [-0.3, -0.25) is 20.2 Å². The van der Waals surface area contributed by atoms with Gasteiger partial charge in [-0.2, -0.15) is 0 Å². The van der Waals surface area contributed by atoms with Gasteiger partial charge >= 0.3 is 0 Å². The highest BCUT2D eigenvalue weighted by molar-refractivity contribution is 7.99. The van der Waals surface area contributed by atoms with E-state index < -0.39 is 9.85 Å². The Morgan fingerprint density at radius 1 is 0.900 bits per heavy atom. The van der Waals surface area contributed by atoms with Gasteiger partial charge in [0.25, 0.3) is 11.4 Å². The maximum absolute atomic E-state index is 10.7. The molecule has 0 amide bonds. The quantitative estimate of drug-likeness (QED) is 0.628. The summed E-state index contributed by atoms with van der Waals surface area (Å²) in [4.78, 5) is 22.0. The number of rotatable bonds is 4. The number of aryl methyl sites for hydroxylation is 1. The van der Waals surface area contributed by atoms with Gasteiger partial charge in [-0.15, -0.1) is 0 Å². The molecule has 0 radical (unpaired) electrons. The van der Waals surface area contributed by atoms with Gasteiger partial charge in [-0.05, 0) is 30.7 Å². The van der Waals surface area contributed by atoms with Crippen LogP contribution in [0.1, 0.15) is 5.56 Å². The molecule has 0 atom stereocenters. The molecule has 0 spiro atoms. The summed E-state index contributed by atoms with van der Waals surface area (Å²) >= 11 is 1.41. The van der Waals surface area contributed by atoms with Gasteiger partial charge in [0.15, 0.2) is 0 Å². The topological polar surface area (TPSA) is 86.3 Å². The molecular formula is C13H10N2O4S. The summed E-state index contributed by atoms with van der Waals surface area (Å²) < 4.78 is 0. The summed E-state index contributed by atoms with van der Waals surface area (Å²) in [5.41, 5.74) is 0.882. The molecule has 2 aromatic carbocycles. The molecule has 2 rings (SSSR count). The number of hydrogen-bond acceptors (Lipinski definition) is 5. The molecule has 0 saturated heterocycles. The normalized spacial score (nSPS) is 10.2. The highest BCUT2D eigenvalue weighted by Gasteiger charge is 2.10. The fourth-order valence-corrected chi connectivity index (χ4v) is 2.51. The first kappa shape index (κ1) is 14.0. The fourth-order valence-electron chi connectivity index (χ4n) is 1.62. The van der Waals surface area contributed by atoms with Crippen molar-refractivity contribution in [3.05, 3.63) is 68.3 Å². The second-order valence-electron chi connectivity index (χ2n) is 4.06. The van der Waals surface area contributed by atoms with Crippen molar-refractivity contribution in [2.24, 2.45) is 0 Å². The summed E-state index contributed by atoms with van der Waals surface area (Å²) in [6, 6.07) is 10.8. The minimum absolute atomic E-state index is 0.0368. The minimum atomic E-state index is -0.453. The Labute approximate surface area is 118 Å². The van der Waals surface area contributed by atoms with Crippen LogP contribution in [0.4, 0.5) is 11.4 Å². The fraction of sp³-hybridized carbons (Fsp3) is 0.0769. The van der Waals surface area contributed by atoms with E-state index >= 15 is 0 Å². The van der Waals surface area contributed by atoms with E-state index in [0.717, 1.165) is 15.4 Å². The average molecular weight is 290 g/mol. The number of nitrogens with zero attached hydrogens (tertiary/aromatic N) is 2. The van der Waals surface area contributed by atoms with Crippen LogP contribution in [-0.2, 0) is 0 Å². The van der Waals surface area contributed by atoms with E-state index in [1.807, 2.05) is 0 Å². The first-order valence-electron chi connectivity index (χ1n) is 5.65. The molecule has 0 N–H and O–H groups in total. The van der Waals surface area contributed by atoms with Crippen molar-refractivity contribution in [3.8, 4) is 0 Å². The van der Waals surface area contributed by atoms with Crippen molar-refractivity contribution in [1.82, 2.24) is 0 Å². The lowest BCUT2D eigenvalue weighted by Crippen LogP contribution is -1.90. The van der Waals surface area contributed by atoms with E-state index in [9.17, 15) is 20.2 Å². The van der Waals surface area contributed by atoms with Crippen LogP contribution in [0.3, 0.4) is 0 Å². The Morgan fingerprint density at radius 2 is 1.45 bits per heavy atom. The molecule has 102 valence electrons. The van der Waals surface area contributed by atoms with Crippen LogP contribution in [0.5, 0.6) is 0 Å². The van der Waals surface area contributed by atoms with Crippen LogP contribution in [0.15, 0.2) is 52.3 Å². The van der Waals surface area contributed by atoms with E-state index in [0.29, 0.717) is 0 Å². The largest absolute Gasteiger partial charge is 0.269 e. The minimum Gasteiger partial charge on any atom is -0.258 e. The molecule has 20 heavy (non-hydrogen) atoms. The van der Waals surface area contributed by atoms with Gasteiger partial charge in [0.05, 0.1) is 9.85 Å². The molecule has 6 nitrogen and oxygen atoms in total. The summed E-state index contributed by atoms with van der Waals surface area (Å²) in [5, 5.41) is 21.2. The third kappa shape index (κ3) is 3.12. The van der Waals surface area contributed by atoms with Crippen LogP contribution >= 0.6 is 11.8 Å². The molecule has 7 heteroatoms. The highest BCUT2D eigenvalue weighted by Crippen LogP contribution is 2.32. The summed E-state index contributed by atoms with van der Waals surface area (Å²) in [5.74, 6) is 0. The standard InChI is InChI=1S/C13H10N2O4S/c1-9-8-11(15(18)19)4-7-13(9)20-12-5-2-10(3-6-12)14(16)17/h2-8H,1H3. The Bertz CT molecular complexity index is 671. The third-order valence-electron chi connectivity index (χ3n) is 2.64. The molecule has 2 aromatic rings. The predicted octanol–water partition coefficient (Wildman–Crippen LogP) is 3.96. The van der Waals surface area contributed by atoms with Crippen molar-refractivity contribution in [2.45, 2.75) is 16.7 Å². The Balaban J connectivity index is 2.21. The number of benzene rings is 2. The summed E-state index contributed by atoms with van der Waals surface area (Å²) in [7, 11) is 0. The third-order valence-corrected chi connectivity index (χ3v) is 3.83. The van der Waals surface area contributed by atoms with Gasteiger partial charge in [0.1, 0.15) is 0 Å². The van der Waals surface area contributed by atoms with Gasteiger partial charge in [0, 0.05) is 34.1 Å². The molecule has 0 aromatic heterocycles. The Morgan fingerprint density at radius 3 is 1.95 bits per heavy atom. The van der Waals surface area contributed by atoms with Crippen LogP contribution in [-0.4, -0.2) is 9.85 Å². The molecular weight excluding hydrogens is 280 g/mol. The molecule has 0 aliphatic carbocycles. The van der Waals surface area contributed by atoms with Crippen molar-refractivity contribution >= 4 is 23.1 Å². The van der Waals surface area contributed by atoms with Gasteiger partial charge < -0.3 is 0 Å². The average Bonchev–Trinajstić information content (AvgIpc) is 2.41. The monoisotopic (exact) mass is 290 g/mol. The lowest BCUT2D eigenvalue weighted by molar-refractivity contribution is -0.385. The van der Waals surface area contributed by atoms with Crippen molar-refractivity contribution in [1.29, 1.82) is 0 Å². The zero-order valence-corrected chi connectivity index (χ0v) is 11.3. The summed E-state index contributed by atoms with van der Waals surface area (Å²) in [6.07, 6.45) is 0. The Hall–Kier alpha value is -2.41. The van der Waals surface area contributed by atoms with Crippen molar-refractivity contribution in [3.63, 3.8) is 0 Å². The molecule has 0 bridgehead atoms. The molecule has 0 saturated carbocycles. The van der Waals surface area contributed by atoms with E-state index in [1.165, 1.54) is 36.0 Å². The molecule has 0 aliphatic rings. The molecule has 0 aliphatic heterocycles. The second-order valence-corrected chi connectivity index (χ2v) is 5.18. The second kappa shape index (κ2) is 5.70. The lowest BCUT2D eigenvalue weighted by atomic mass is 10.2. The van der Waals surface area contributed by atoms with E-state index in [2.05, 4.69) is 0 Å². The first-order valence-corrected chi connectivity index (χ1v) is 6.46. The van der Waals surface area contributed by atoms with Crippen LogP contribution in [0.25, 0.3) is 0 Å². The zero-order chi connectivity index (χ0) is 14.7. The molecule has 0 heterocycles. The van der Waals surface area contributed by atoms with Gasteiger partial charge in [-0.25, -0.2) is 0 Å². The van der Waals surface area contributed by atoms with Crippen LogP contribution < -0.4 is 0 Å². The lowest BCUT2D eigenvalue weighted by Gasteiger charge is -2.05. The molecule has 0 fully saturated rings. The number of hydrogen-bond donors (Lipinski definition) is 0. The smallest absolute Gasteiger partial charge is 0.258 e. The SMILES string of the molecule is Cc1cc([N+](=O)[O-])ccc1Sc1ccc([N+](=O)[O-])cc1. The number of nitro groups is 2. The predicted molar refractivity (Wildman–Crippen MR) is 75.1 cm³/mol. The Kier molecular flexibility index (Phi) is 3.99. The number of non-ortho nitro benzene ring substituents is 2. The maximum atomic E-state index is 10.7. The van der Waals surface area contributed by atoms with Crippen LogP contribution in [0.2, 0.25) is 0 Å². The van der Waals surface area contributed by atoms with Gasteiger partial charge in [0.2, 0.25) is 0 Å². The van der Waals surface area contributed by atoms with E-state index in [-0.39, 0.29) is 11.4 Å². The molecule has 0 unspecified atom stereocenters. The zero-order valence-electron chi connectivity index (χ0n) is 10.5.